The predicted octanol–water partition coefficient (Wildman–Crippen LogP) is 2.08. The van der Waals surface area contributed by atoms with Crippen LogP contribution in [-0.4, -0.2) is 20.3 Å². The van der Waals surface area contributed by atoms with Crippen LogP contribution in [0.1, 0.15) is 45.4 Å². The molecular formula is C9H18O3S. The lowest BCUT2D eigenvalue weighted by Gasteiger charge is -2.10. The van der Waals surface area contributed by atoms with Crippen LogP contribution in [0.15, 0.2) is 0 Å². The summed E-state index contributed by atoms with van der Waals surface area (Å²) in [6.07, 6.45) is 5.60. The van der Waals surface area contributed by atoms with Crippen LogP contribution in [0.3, 0.4) is 0 Å². The van der Waals surface area contributed by atoms with Gasteiger partial charge >= 0.3 is 0 Å². The largest absolute Gasteiger partial charge is 0.267 e. The fourth-order valence-electron chi connectivity index (χ4n) is 1.56. The molecule has 0 heterocycles. The van der Waals surface area contributed by atoms with E-state index in [1.807, 2.05) is 6.92 Å². The van der Waals surface area contributed by atoms with Gasteiger partial charge in [0.25, 0.3) is 10.1 Å². The SMILES string of the molecule is CCCCS(=O)(=O)OC1CCCC1. The molecule has 78 valence electrons. The van der Waals surface area contributed by atoms with Crippen molar-refractivity contribution in [3.63, 3.8) is 0 Å². The van der Waals surface area contributed by atoms with Crippen molar-refractivity contribution >= 4 is 10.1 Å². The number of unbranched alkanes of at least 4 members (excludes halogenated alkanes) is 1. The van der Waals surface area contributed by atoms with E-state index in [2.05, 4.69) is 0 Å². The predicted molar refractivity (Wildman–Crippen MR) is 52.0 cm³/mol. The van der Waals surface area contributed by atoms with Gasteiger partial charge in [-0.3, -0.25) is 4.18 Å². The summed E-state index contributed by atoms with van der Waals surface area (Å²) >= 11 is 0. The third-order valence-corrected chi connectivity index (χ3v) is 3.69. The summed E-state index contributed by atoms with van der Waals surface area (Å²) < 4.78 is 27.7. The van der Waals surface area contributed by atoms with E-state index in [1.165, 1.54) is 0 Å². The highest BCUT2D eigenvalue weighted by Crippen LogP contribution is 2.22. The maximum absolute atomic E-state index is 11.3. The molecule has 0 amide bonds. The van der Waals surface area contributed by atoms with Gasteiger partial charge in [-0.25, -0.2) is 0 Å². The Balaban J connectivity index is 2.32. The normalized spacial score (nSPS) is 19.5. The van der Waals surface area contributed by atoms with E-state index >= 15 is 0 Å². The lowest BCUT2D eigenvalue weighted by atomic mass is 10.3. The molecular weight excluding hydrogens is 188 g/mol. The smallest absolute Gasteiger partial charge is 0.267 e. The second-order valence-corrected chi connectivity index (χ2v) is 5.33. The minimum absolute atomic E-state index is 0.0261. The van der Waals surface area contributed by atoms with Crippen LogP contribution >= 0.6 is 0 Å². The molecule has 0 aromatic heterocycles. The van der Waals surface area contributed by atoms with E-state index in [1.54, 1.807) is 0 Å². The highest BCUT2D eigenvalue weighted by atomic mass is 32.2. The molecule has 0 aromatic rings. The highest BCUT2D eigenvalue weighted by Gasteiger charge is 2.22. The zero-order valence-corrected chi connectivity index (χ0v) is 8.98. The average molecular weight is 206 g/mol. The van der Waals surface area contributed by atoms with E-state index < -0.39 is 10.1 Å². The van der Waals surface area contributed by atoms with Crippen LogP contribution in [0.5, 0.6) is 0 Å². The minimum Gasteiger partial charge on any atom is -0.267 e. The molecule has 3 nitrogen and oxygen atoms in total. The molecule has 4 heteroatoms. The van der Waals surface area contributed by atoms with Gasteiger partial charge in [0.2, 0.25) is 0 Å². The molecule has 1 aliphatic carbocycles. The van der Waals surface area contributed by atoms with Crippen LogP contribution < -0.4 is 0 Å². The maximum atomic E-state index is 11.3. The Hall–Kier alpha value is -0.0900. The van der Waals surface area contributed by atoms with Gasteiger partial charge < -0.3 is 0 Å². The Labute approximate surface area is 80.6 Å². The summed E-state index contributed by atoms with van der Waals surface area (Å²) in [5.74, 6) is 0.181. The molecule has 1 fully saturated rings. The van der Waals surface area contributed by atoms with Crippen LogP contribution in [0.4, 0.5) is 0 Å². The molecule has 0 bridgehead atoms. The van der Waals surface area contributed by atoms with Crippen molar-refractivity contribution in [2.75, 3.05) is 5.75 Å². The maximum Gasteiger partial charge on any atom is 0.267 e. The van der Waals surface area contributed by atoms with Crippen LogP contribution in [0.2, 0.25) is 0 Å². The van der Waals surface area contributed by atoms with Crippen molar-refractivity contribution in [3.8, 4) is 0 Å². The molecule has 13 heavy (non-hydrogen) atoms. The zero-order valence-electron chi connectivity index (χ0n) is 8.16. The second-order valence-electron chi connectivity index (χ2n) is 3.62. The third kappa shape index (κ3) is 4.09. The Morgan fingerprint density at radius 2 is 1.92 bits per heavy atom. The van der Waals surface area contributed by atoms with E-state index in [9.17, 15) is 8.42 Å². The van der Waals surface area contributed by atoms with Gasteiger partial charge in [0, 0.05) is 0 Å². The summed E-state index contributed by atoms with van der Waals surface area (Å²) in [7, 11) is -3.23. The third-order valence-electron chi connectivity index (χ3n) is 2.33. The fourth-order valence-corrected chi connectivity index (χ4v) is 2.91. The minimum atomic E-state index is -3.23. The van der Waals surface area contributed by atoms with Crippen molar-refractivity contribution in [1.29, 1.82) is 0 Å². The van der Waals surface area contributed by atoms with E-state index in [-0.39, 0.29) is 11.9 Å². The van der Waals surface area contributed by atoms with E-state index in [4.69, 9.17) is 4.18 Å². The first kappa shape index (κ1) is 11.0. The van der Waals surface area contributed by atoms with Crippen LogP contribution in [-0.2, 0) is 14.3 Å². The zero-order chi connectivity index (χ0) is 9.73. The first-order valence-corrected chi connectivity index (χ1v) is 6.63. The second kappa shape index (κ2) is 4.96. The monoisotopic (exact) mass is 206 g/mol. The van der Waals surface area contributed by atoms with Crippen LogP contribution in [0, 0.1) is 0 Å². The molecule has 1 aliphatic rings. The van der Waals surface area contributed by atoms with Gasteiger partial charge in [-0.1, -0.05) is 26.2 Å². The van der Waals surface area contributed by atoms with Crippen molar-refractivity contribution in [2.45, 2.75) is 51.6 Å². The van der Waals surface area contributed by atoms with Gasteiger partial charge in [0.1, 0.15) is 0 Å². The molecule has 0 atom stereocenters. The fraction of sp³-hybridized carbons (Fsp3) is 1.00. The van der Waals surface area contributed by atoms with Gasteiger partial charge in [0.15, 0.2) is 0 Å². The molecule has 0 aromatic carbocycles. The Morgan fingerprint density at radius 3 is 2.46 bits per heavy atom. The van der Waals surface area contributed by atoms with Gasteiger partial charge in [-0.2, -0.15) is 8.42 Å². The Kier molecular flexibility index (Phi) is 4.19. The Morgan fingerprint density at radius 1 is 1.31 bits per heavy atom. The summed E-state index contributed by atoms with van der Waals surface area (Å²) in [6.45, 7) is 1.98. The standard InChI is InChI=1S/C9H18O3S/c1-2-3-8-13(10,11)12-9-6-4-5-7-9/h9H,2-8H2,1H3. The highest BCUT2D eigenvalue weighted by molar-refractivity contribution is 7.86. The molecule has 0 spiro atoms. The van der Waals surface area contributed by atoms with Crippen molar-refractivity contribution in [1.82, 2.24) is 0 Å². The molecule has 0 radical (unpaired) electrons. The molecule has 0 saturated heterocycles. The summed E-state index contributed by atoms with van der Waals surface area (Å²) in [4.78, 5) is 0. The molecule has 0 N–H and O–H groups in total. The van der Waals surface area contributed by atoms with Crippen molar-refractivity contribution < 1.29 is 12.6 Å². The van der Waals surface area contributed by atoms with Crippen LogP contribution in [0.25, 0.3) is 0 Å². The lowest BCUT2D eigenvalue weighted by Crippen LogP contribution is -2.17. The van der Waals surface area contributed by atoms with Crippen molar-refractivity contribution in [3.05, 3.63) is 0 Å². The number of hydrogen-bond donors (Lipinski definition) is 0. The quantitative estimate of drug-likeness (QED) is 0.647. The lowest BCUT2D eigenvalue weighted by molar-refractivity contribution is 0.217. The van der Waals surface area contributed by atoms with E-state index in [0.29, 0.717) is 6.42 Å². The Bertz CT molecular complexity index is 227. The first-order chi connectivity index (χ1) is 6.14. The molecule has 1 rings (SSSR count). The van der Waals surface area contributed by atoms with Crippen molar-refractivity contribution in [2.24, 2.45) is 0 Å². The van der Waals surface area contributed by atoms with Gasteiger partial charge in [-0.15, -0.1) is 0 Å². The summed E-state index contributed by atoms with van der Waals surface area (Å²) in [5.41, 5.74) is 0. The number of hydrogen-bond acceptors (Lipinski definition) is 3. The topological polar surface area (TPSA) is 43.4 Å². The summed E-state index contributed by atoms with van der Waals surface area (Å²) in [6, 6.07) is 0. The average Bonchev–Trinajstić information content (AvgIpc) is 2.52. The number of rotatable bonds is 5. The van der Waals surface area contributed by atoms with Gasteiger partial charge in [-0.05, 0) is 19.3 Å². The summed E-state index contributed by atoms with van der Waals surface area (Å²) in [5, 5.41) is 0. The molecule has 1 saturated carbocycles. The van der Waals surface area contributed by atoms with Gasteiger partial charge in [0.05, 0.1) is 11.9 Å². The molecule has 0 aliphatic heterocycles. The molecule has 0 unspecified atom stereocenters. The first-order valence-electron chi connectivity index (χ1n) is 5.05. The van der Waals surface area contributed by atoms with E-state index in [0.717, 1.165) is 32.1 Å².